The minimum atomic E-state index is -0.250. The summed E-state index contributed by atoms with van der Waals surface area (Å²) in [6, 6.07) is 9.97. The summed E-state index contributed by atoms with van der Waals surface area (Å²) >= 11 is 0. The Morgan fingerprint density at radius 2 is 1.87 bits per heavy atom. The first-order valence-electron chi connectivity index (χ1n) is 9.99. The van der Waals surface area contributed by atoms with Crippen LogP contribution in [0.1, 0.15) is 33.7 Å². The number of rotatable bonds is 2. The average molecular weight is 409 g/mol. The van der Waals surface area contributed by atoms with E-state index < -0.39 is 0 Å². The van der Waals surface area contributed by atoms with Crippen LogP contribution < -0.4 is 4.90 Å². The van der Waals surface area contributed by atoms with E-state index in [1.54, 1.807) is 18.4 Å². The zero-order valence-corrected chi connectivity index (χ0v) is 17.6. The molecule has 0 bridgehead atoms. The molecule has 7 nitrogen and oxygen atoms in total. The monoisotopic (exact) mass is 409 g/mol. The van der Waals surface area contributed by atoms with Gasteiger partial charge in [0.05, 0.1) is 11.8 Å². The summed E-state index contributed by atoms with van der Waals surface area (Å²) in [5, 5.41) is 8.10. The zero-order valence-electron chi connectivity index (χ0n) is 17.6. The number of hydrogen-bond donors (Lipinski definition) is 1. The molecule has 1 aromatic carbocycles. The molecule has 1 N–H and O–H groups in total. The first kappa shape index (κ1) is 21.4. The van der Waals surface area contributed by atoms with Gasteiger partial charge < -0.3 is 19.3 Å². The van der Waals surface area contributed by atoms with Crippen LogP contribution in [0.25, 0.3) is 10.9 Å². The van der Waals surface area contributed by atoms with Gasteiger partial charge in [-0.2, -0.15) is 0 Å². The number of nitrogens with zero attached hydrogens (tertiary/aromatic N) is 3. The van der Waals surface area contributed by atoms with Gasteiger partial charge in [0.15, 0.2) is 5.76 Å². The van der Waals surface area contributed by atoms with E-state index in [0.717, 1.165) is 37.4 Å². The third kappa shape index (κ3) is 4.45. The number of amides is 1. The maximum atomic E-state index is 12.6. The van der Waals surface area contributed by atoms with Crippen molar-refractivity contribution >= 4 is 29.1 Å². The predicted molar refractivity (Wildman–Crippen MR) is 116 cm³/mol. The number of carbonyl (C=O) groups is 2. The summed E-state index contributed by atoms with van der Waals surface area (Å²) in [6.07, 6.45) is 2.46. The molecule has 0 spiro atoms. The van der Waals surface area contributed by atoms with Gasteiger partial charge in [-0.3, -0.25) is 9.59 Å². The van der Waals surface area contributed by atoms with Crippen molar-refractivity contribution in [3.05, 3.63) is 59.0 Å². The quantitative estimate of drug-likeness (QED) is 0.648. The molecular weight excluding hydrogens is 382 g/mol. The van der Waals surface area contributed by atoms with Gasteiger partial charge in [-0.05, 0) is 62.1 Å². The van der Waals surface area contributed by atoms with Crippen molar-refractivity contribution in [1.29, 1.82) is 0 Å². The zero-order chi connectivity index (χ0) is 21.7. The molecule has 1 amide bonds. The lowest BCUT2D eigenvalue weighted by molar-refractivity contribution is -0.122. The number of anilines is 1. The fraction of sp³-hybridized carbons (Fsp3) is 0.348. The molecule has 3 heterocycles. The number of fused-ring (bicyclic) bond motifs is 1. The molecule has 1 aliphatic heterocycles. The van der Waals surface area contributed by atoms with Crippen molar-refractivity contribution in [2.24, 2.45) is 0 Å². The van der Waals surface area contributed by atoms with Gasteiger partial charge in [0.1, 0.15) is 5.82 Å². The highest BCUT2D eigenvalue weighted by molar-refractivity contribution is 5.91. The van der Waals surface area contributed by atoms with E-state index in [1.165, 1.54) is 22.1 Å². The second-order valence-corrected chi connectivity index (χ2v) is 7.42. The number of pyridine rings is 1. The van der Waals surface area contributed by atoms with Crippen LogP contribution in [0, 0.1) is 20.8 Å². The van der Waals surface area contributed by atoms with Crippen LogP contribution in [0.4, 0.5) is 5.82 Å². The summed E-state index contributed by atoms with van der Waals surface area (Å²) in [5.41, 5.74) is 4.82. The topological polar surface area (TPSA) is 86.9 Å². The third-order valence-electron chi connectivity index (χ3n) is 5.54. The largest absolute Gasteiger partial charge is 0.483 e. The molecule has 0 saturated carbocycles. The van der Waals surface area contributed by atoms with Crippen LogP contribution in [0.3, 0.4) is 0 Å². The number of aromatic nitrogens is 1. The molecule has 158 valence electrons. The molecule has 30 heavy (non-hydrogen) atoms. The lowest BCUT2D eigenvalue weighted by Crippen LogP contribution is -2.35. The van der Waals surface area contributed by atoms with Crippen molar-refractivity contribution in [1.82, 2.24) is 9.88 Å². The van der Waals surface area contributed by atoms with Crippen molar-refractivity contribution in [3.8, 4) is 0 Å². The second kappa shape index (κ2) is 9.43. The summed E-state index contributed by atoms with van der Waals surface area (Å²) < 4.78 is 5.27. The number of furan rings is 1. The predicted octanol–water partition coefficient (Wildman–Crippen LogP) is 3.81. The van der Waals surface area contributed by atoms with Gasteiger partial charge in [-0.15, -0.1) is 0 Å². The SMILES string of the molecule is Cc1ccc2c(C)cc(N3CCCN(C(=O)c4ccco4)CC3)nc2c1C.O=CO. The van der Waals surface area contributed by atoms with E-state index in [4.69, 9.17) is 19.3 Å². The van der Waals surface area contributed by atoms with E-state index >= 15 is 0 Å². The van der Waals surface area contributed by atoms with Crippen LogP contribution in [0.5, 0.6) is 0 Å². The number of carboxylic acid groups (broad SMARTS) is 1. The minimum absolute atomic E-state index is 0.0315. The second-order valence-electron chi connectivity index (χ2n) is 7.42. The molecule has 0 atom stereocenters. The van der Waals surface area contributed by atoms with Crippen molar-refractivity contribution < 1.29 is 19.1 Å². The molecule has 2 aromatic heterocycles. The van der Waals surface area contributed by atoms with Crippen molar-refractivity contribution in [3.63, 3.8) is 0 Å². The van der Waals surface area contributed by atoms with Crippen LogP contribution in [-0.4, -0.2) is 53.5 Å². The highest BCUT2D eigenvalue weighted by atomic mass is 16.3. The van der Waals surface area contributed by atoms with Gasteiger partial charge in [0.25, 0.3) is 12.4 Å². The number of carbonyl (C=O) groups excluding carboxylic acids is 1. The first-order chi connectivity index (χ1) is 14.5. The summed E-state index contributed by atoms with van der Waals surface area (Å²) in [6.45, 7) is 9.24. The van der Waals surface area contributed by atoms with Crippen LogP contribution >= 0.6 is 0 Å². The minimum Gasteiger partial charge on any atom is -0.483 e. The van der Waals surface area contributed by atoms with E-state index in [-0.39, 0.29) is 12.4 Å². The molecule has 0 aliphatic carbocycles. The van der Waals surface area contributed by atoms with Gasteiger partial charge in [-0.25, -0.2) is 4.98 Å². The molecule has 3 aromatic rings. The summed E-state index contributed by atoms with van der Waals surface area (Å²) in [4.78, 5) is 30.1. The fourth-order valence-corrected chi connectivity index (χ4v) is 3.75. The summed E-state index contributed by atoms with van der Waals surface area (Å²) in [7, 11) is 0. The Labute approximate surface area is 175 Å². The molecular formula is C23H27N3O4. The van der Waals surface area contributed by atoms with E-state index in [9.17, 15) is 4.79 Å². The number of hydrogen-bond acceptors (Lipinski definition) is 5. The van der Waals surface area contributed by atoms with Crippen LogP contribution in [0.2, 0.25) is 0 Å². The Morgan fingerprint density at radius 3 is 2.57 bits per heavy atom. The fourth-order valence-electron chi connectivity index (χ4n) is 3.75. The third-order valence-corrected chi connectivity index (χ3v) is 5.54. The Hall–Kier alpha value is -3.35. The normalized spacial score (nSPS) is 14.1. The Balaban J connectivity index is 0.000000806. The van der Waals surface area contributed by atoms with E-state index in [0.29, 0.717) is 12.3 Å². The highest BCUT2D eigenvalue weighted by Gasteiger charge is 2.23. The maximum Gasteiger partial charge on any atom is 0.290 e. The Morgan fingerprint density at radius 1 is 1.10 bits per heavy atom. The van der Waals surface area contributed by atoms with E-state index in [1.807, 2.05) is 4.90 Å². The van der Waals surface area contributed by atoms with Gasteiger partial charge >= 0.3 is 0 Å². The molecule has 1 saturated heterocycles. The molecule has 7 heteroatoms. The Kier molecular flexibility index (Phi) is 6.72. The van der Waals surface area contributed by atoms with Crippen LogP contribution in [-0.2, 0) is 4.79 Å². The smallest absolute Gasteiger partial charge is 0.290 e. The molecule has 0 unspecified atom stereocenters. The van der Waals surface area contributed by atoms with Crippen molar-refractivity contribution in [2.75, 3.05) is 31.1 Å². The number of benzene rings is 1. The standard InChI is InChI=1S/C22H25N3O2.CH2O2/c1-15-7-8-18-16(2)14-20(23-21(18)17(15)3)24-9-5-10-25(12-11-24)22(26)19-6-4-13-27-19;2-1-3/h4,6-8,13-14H,5,9-12H2,1-3H3;1H,(H,2,3). The van der Waals surface area contributed by atoms with Crippen molar-refractivity contribution in [2.45, 2.75) is 27.2 Å². The van der Waals surface area contributed by atoms with Gasteiger partial charge in [0.2, 0.25) is 0 Å². The maximum absolute atomic E-state index is 12.6. The summed E-state index contributed by atoms with van der Waals surface area (Å²) in [5.74, 6) is 1.38. The molecule has 1 fully saturated rings. The van der Waals surface area contributed by atoms with E-state index in [2.05, 4.69) is 43.9 Å². The lowest BCUT2D eigenvalue weighted by Gasteiger charge is -2.23. The molecule has 1 aliphatic rings. The average Bonchev–Trinajstić information content (AvgIpc) is 3.15. The van der Waals surface area contributed by atoms with Gasteiger partial charge in [0, 0.05) is 31.6 Å². The molecule has 4 rings (SSSR count). The first-order valence-corrected chi connectivity index (χ1v) is 9.99. The molecule has 0 radical (unpaired) electrons. The van der Waals surface area contributed by atoms with Crippen LogP contribution in [0.15, 0.2) is 41.0 Å². The number of aryl methyl sites for hydroxylation is 3. The van der Waals surface area contributed by atoms with Gasteiger partial charge in [-0.1, -0.05) is 12.1 Å². The highest BCUT2D eigenvalue weighted by Crippen LogP contribution is 2.27. The Bertz CT molecular complexity index is 1030. The lowest BCUT2D eigenvalue weighted by atomic mass is 10.0.